The van der Waals surface area contributed by atoms with Gasteiger partial charge >= 0.3 is 6.61 Å². The van der Waals surface area contributed by atoms with Crippen LogP contribution in [-0.4, -0.2) is 56.6 Å². The van der Waals surface area contributed by atoms with Crippen LogP contribution in [0.2, 0.25) is 0 Å². The summed E-state index contributed by atoms with van der Waals surface area (Å²) in [5, 5.41) is 2.85. The number of benzene rings is 1. The molecular weight excluding hydrogens is 346 g/mol. The van der Waals surface area contributed by atoms with Gasteiger partial charge in [-0.15, -0.1) is 0 Å². The van der Waals surface area contributed by atoms with Gasteiger partial charge < -0.3 is 19.5 Å². The molecule has 0 bridgehead atoms. The molecular formula is C18H24F2N2O4. The van der Waals surface area contributed by atoms with Gasteiger partial charge in [-0.05, 0) is 43.6 Å². The van der Waals surface area contributed by atoms with Crippen molar-refractivity contribution in [2.24, 2.45) is 5.92 Å². The van der Waals surface area contributed by atoms with Crippen LogP contribution in [0.1, 0.15) is 18.4 Å². The van der Waals surface area contributed by atoms with Crippen molar-refractivity contribution in [2.45, 2.75) is 32.3 Å². The first-order valence-electron chi connectivity index (χ1n) is 8.86. The van der Waals surface area contributed by atoms with Crippen LogP contribution in [-0.2, 0) is 20.8 Å². The topological polar surface area (TPSA) is 60.0 Å². The first kappa shape index (κ1) is 19.0. The minimum atomic E-state index is -2.84. The molecule has 0 unspecified atom stereocenters. The van der Waals surface area contributed by atoms with E-state index in [1.54, 1.807) is 12.1 Å². The summed E-state index contributed by atoms with van der Waals surface area (Å²) < 4.78 is 39.6. The molecule has 1 amide bonds. The van der Waals surface area contributed by atoms with Crippen LogP contribution in [0.15, 0.2) is 24.3 Å². The minimum absolute atomic E-state index is 0.0512. The Hall–Kier alpha value is -1.77. The largest absolute Gasteiger partial charge is 0.435 e. The average molecular weight is 370 g/mol. The SMILES string of the molecule is O=C(CN1CCC(C2OCCO2)CC1)NCc1ccc(OC(F)F)cc1. The molecule has 2 aliphatic rings. The van der Waals surface area contributed by atoms with Gasteiger partial charge in [0.1, 0.15) is 5.75 Å². The highest BCUT2D eigenvalue weighted by molar-refractivity contribution is 5.78. The van der Waals surface area contributed by atoms with Gasteiger partial charge in [0.25, 0.3) is 0 Å². The molecule has 0 radical (unpaired) electrons. The van der Waals surface area contributed by atoms with Crippen LogP contribution >= 0.6 is 0 Å². The highest BCUT2D eigenvalue weighted by Gasteiger charge is 2.30. The summed E-state index contributed by atoms with van der Waals surface area (Å²) in [6, 6.07) is 6.24. The Morgan fingerprint density at radius 2 is 1.85 bits per heavy atom. The number of nitrogens with one attached hydrogen (secondary N) is 1. The van der Waals surface area contributed by atoms with Crippen molar-refractivity contribution in [2.75, 3.05) is 32.8 Å². The molecule has 1 aromatic rings. The zero-order valence-corrected chi connectivity index (χ0v) is 14.5. The zero-order valence-electron chi connectivity index (χ0n) is 14.5. The smallest absolute Gasteiger partial charge is 0.387 e. The monoisotopic (exact) mass is 370 g/mol. The molecule has 0 spiro atoms. The number of alkyl halides is 2. The molecule has 1 aromatic carbocycles. The molecule has 1 N–H and O–H groups in total. The van der Waals surface area contributed by atoms with Crippen LogP contribution < -0.4 is 10.1 Å². The quantitative estimate of drug-likeness (QED) is 0.796. The normalized spacial score (nSPS) is 19.8. The lowest BCUT2D eigenvalue weighted by Gasteiger charge is -2.33. The van der Waals surface area contributed by atoms with E-state index >= 15 is 0 Å². The second-order valence-corrected chi connectivity index (χ2v) is 6.52. The van der Waals surface area contributed by atoms with E-state index in [2.05, 4.69) is 15.0 Å². The maximum Gasteiger partial charge on any atom is 0.387 e. The number of carbonyl (C=O) groups is 1. The Morgan fingerprint density at radius 3 is 2.46 bits per heavy atom. The fourth-order valence-corrected chi connectivity index (χ4v) is 3.28. The van der Waals surface area contributed by atoms with Gasteiger partial charge in [-0.25, -0.2) is 0 Å². The van der Waals surface area contributed by atoms with E-state index in [-0.39, 0.29) is 17.9 Å². The molecule has 2 aliphatic heterocycles. The Labute approximate surface area is 151 Å². The van der Waals surface area contributed by atoms with Crippen molar-refractivity contribution in [1.29, 1.82) is 0 Å². The van der Waals surface area contributed by atoms with Crippen LogP contribution in [0.4, 0.5) is 8.78 Å². The number of piperidine rings is 1. The second kappa shape index (κ2) is 9.25. The van der Waals surface area contributed by atoms with E-state index in [4.69, 9.17) is 9.47 Å². The van der Waals surface area contributed by atoms with Gasteiger partial charge in [-0.2, -0.15) is 8.78 Å². The van der Waals surface area contributed by atoms with Crippen molar-refractivity contribution in [3.05, 3.63) is 29.8 Å². The third-order valence-electron chi connectivity index (χ3n) is 4.67. The predicted molar refractivity (Wildman–Crippen MR) is 89.8 cm³/mol. The summed E-state index contributed by atoms with van der Waals surface area (Å²) in [5.41, 5.74) is 0.828. The third-order valence-corrected chi connectivity index (χ3v) is 4.67. The molecule has 8 heteroatoms. The number of halogens is 2. The molecule has 3 rings (SSSR count). The van der Waals surface area contributed by atoms with Crippen LogP contribution in [0, 0.1) is 5.92 Å². The van der Waals surface area contributed by atoms with Crippen molar-refractivity contribution < 1.29 is 27.8 Å². The van der Waals surface area contributed by atoms with Gasteiger partial charge in [0, 0.05) is 12.5 Å². The van der Waals surface area contributed by atoms with Gasteiger partial charge in [0.05, 0.1) is 19.8 Å². The first-order valence-corrected chi connectivity index (χ1v) is 8.86. The van der Waals surface area contributed by atoms with Crippen molar-refractivity contribution in [3.63, 3.8) is 0 Å². The van der Waals surface area contributed by atoms with Gasteiger partial charge in [-0.3, -0.25) is 9.69 Å². The van der Waals surface area contributed by atoms with E-state index in [0.29, 0.717) is 32.2 Å². The van der Waals surface area contributed by atoms with E-state index in [9.17, 15) is 13.6 Å². The van der Waals surface area contributed by atoms with Gasteiger partial charge in [-0.1, -0.05) is 12.1 Å². The van der Waals surface area contributed by atoms with E-state index in [1.165, 1.54) is 12.1 Å². The Morgan fingerprint density at radius 1 is 1.19 bits per heavy atom. The molecule has 2 heterocycles. The van der Waals surface area contributed by atoms with E-state index < -0.39 is 6.61 Å². The number of carbonyl (C=O) groups excluding carboxylic acids is 1. The fourth-order valence-electron chi connectivity index (χ4n) is 3.28. The molecule has 2 saturated heterocycles. The summed E-state index contributed by atoms with van der Waals surface area (Å²) in [7, 11) is 0. The van der Waals surface area contributed by atoms with Crippen molar-refractivity contribution >= 4 is 5.91 Å². The number of hydrogen-bond donors (Lipinski definition) is 1. The number of hydrogen-bond acceptors (Lipinski definition) is 5. The first-order chi connectivity index (χ1) is 12.6. The van der Waals surface area contributed by atoms with E-state index in [0.717, 1.165) is 31.5 Å². The highest BCUT2D eigenvalue weighted by Crippen LogP contribution is 2.25. The number of amides is 1. The third kappa shape index (κ3) is 5.62. The van der Waals surface area contributed by atoms with Crippen LogP contribution in [0.3, 0.4) is 0 Å². The molecule has 26 heavy (non-hydrogen) atoms. The minimum Gasteiger partial charge on any atom is -0.435 e. The number of rotatable bonds is 7. The molecule has 144 valence electrons. The van der Waals surface area contributed by atoms with Crippen LogP contribution in [0.25, 0.3) is 0 Å². The predicted octanol–water partition coefficient (Wildman–Crippen LogP) is 1.99. The zero-order chi connectivity index (χ0) is 18.4. The van der Waals surface area contributed by atoms with Crippen LogP contribution in [0.5, 0.6) is 5.75 Å². The molecule has 0 aliphatic carbocycles. The molecule has 0 saturated carbocycles. The summed E-state index contributed by atoms with van der Waals surface area (Å²) in [6.45, 7) is 0.906. The molecule has 6 nitrogen and oxygen atoms in total. The lowest BCUT2D eigenvalue weighted by Crippen LogP contribution is -2.43. The van der Waals surface area contributed by atoms with Crippen molar-refractivity contribution in [3.8, 4) is 5.75 Å². The maximum absolute atomic E-state index is 12.1. The Kier molecular flexibility index (Phi) is 6.76. The summed E-state index contributed by atoms with van der Waals surface area (Å²) >= 11 is 0. The van der Waals surface area contributed by atoms with Gasteiger partial charge in [0.2, 0.25) is 5.91 Å². The Balaban J connectivity index is 1.35. The average Bonchev–Trinajstić information content (AvgIpc) is 3.16. The summed E-state index contributed by atoms with van der Waals surface area (Å²) in [4.78, 5) is 14.2. The van der Waals surface area contributed by atoms with E-state index in [1.807, 2.05) is 0 Å². The van der Waals surface area contributed by atoms with Gasteiger partial charge in [0.15, 0.2) is 6.29 Å². The maximum atomic E-state index is 12.1. The highest BCUT2D eigenvalue weighted by atomic mass is 19.3. The fraction of sp³-hybridized carbons (Fsp3) is 0.611. The standard InChI is InChI=1S/C18H24F2N2O4/c19-18(20)26-15-3-1-13(2-4-15)11-21-16(23)12-22-7-5-14(6-8-22)17-24-9-10-25-17/h1-4,14,17-18H,5-12H2,(H,21,23). The summed E-state index contributed by atoms with van der Waals surface area (Å²) in [6.07, 6.45) is 1.84. The molecule has 2 fully saturated rings. The van der Waals surface area contributed by atoms with Crippen molar-refractivity contribution in [1.82, 2.24) is 10.2 Å². The number of likely N-dealkylation sites (tertiary alicyclic amines) is 1. The lowest BCUT2D eigenvalue weighted by molar-refractivity contribution is -0.124. The lowest BCUT2D eigenvalue weighted by atomic mass is 9.96. The Bertz CT molecular complexity index is 571. The molecule has 0 atom stereocenters. The summed E-state index contributed by atoms with van der Waals surface area (Å²) in [5.74, 6) is 0.462. The second-order valence-electron chi connectivity index (χ2n) is 6.52. The molecule has 0 aromatic heterocycles. The number of nitrogens with zero attached hydrogens (tertiary/aromatic N) is 1. The number of ether oxygens (including phenoxy) is 3.